The van der Waals surface area contributed by atoms with Gasteiger partial charge in [-0.3, -0.25) is 4.90 Å². The average molecular weight is 248 g/mol. The Kier molecular flexibility index (Phi) is 4.76. The molecule has 1 heterocycles. The van der Waals surface area contributed by atoms with Crippen molar-refractivity contribution >= 4 is 9.84 Å². The maximum absolute atomic E-state index is 11.5. The number of hydrogen-bond donors (Lipinski definition) is 1. The first kappa shape index (κ1) is 13.9. The van der Waals surface area contributed by atoms with Gasteiger partial charge in [0, 0.05) is 25.2 Å². The van der Waals surface area contributed by atoms with Crippen LogP contribution in [0.4, 0.5) is 0 Å². The molecule has 4 nitrogen and oxygen atoms in total. The maximum atomic E-state index is 11.5. The zero-order valence-electron chi connectivity index (χ0n) is 10.7. The topological polar surface area (TPSA) is 49.4 Å². The Labute approximate surface area is 99.3 Å². The Morgan fingerprint density at radius 2 is 2.06 bits per heavy atom. The first-order chi connectivity index (χ1) is 7.37. The Bertz CT molecular complexity index is 314. The molecule has 0 amide bonds. The highest BCUT2D eigenvalue weighted by Gasteiger charge is 2.33. The molecule has 0 aromatic heterocycles. The quantitative estimate of drug-likeness (QED) is 0.780. The summed E-state index contributed by atoms with van der Waals surface area (Å²) in [6, 6.07) is 0.565. The number of nitrogens with zero attached hydrogens (tertiary/aromatic N) is 1. The molecule has 2 atom stereocenters. The predicted octanol–water partition coefficient (Wildman–Crippen LogP) is 0.349. The second-order valence-electron chi connectivity index (χ2n) is 5.07. The molecule has 1 saturated heterocycles. The summed E-state index contributed by atoms with van der Waals surface area (Å²) in [7, 11) is -0.856. The summed E-state index contributed by atoms with van der Waals surface area (Å²) in [5, 5.41) is 3.20. The van der Waals surface area contributed by atoms with Gasteiger partial charge in [-0.25, -0.2) is 8.42 Å². The lowest BCUT2D eigenvalue weighted by molar-refractivity contribution is 0.121. The summed E-state index contributed by atoms with van der Waals surface area (Å²) in [5.41, 5.74) is 0. The molecular formula is C11H24N2O2S. The fraction of sp³-hybridized carbons (Fsp3) is 1.00. The minimum Gasteiger partial charge on any atom is -0.318 e. The Hall–Kier alpha value is -0.130. The highest BCUT2D eigenvalue weighted by atomic mass is 32.2. The molecule has 2 unspecified atom stereocenters. The van der Waals surface area contributed by atoms with Gasteiger partial charge in [-0.1, -0.05) is 13.8 Å². The summed E-state index contributed by atoms with van der Waals surface area (Å²) >= 11 is 0. The summed E-state index contributed by atoms with van der Waals surface area (Å²) in [6.45, 7) is 7.99. The molecule has 0 radical (unpaired) electrons. The molecular weight excluding hydrogens is 224 g/mol. The third-order valence-corrected chi connectivity index (χ3v) is 5.13. The fourth-order valence-corrected chi connectivity index (χ4v) is 4.03. The summed E-state index contributed by atoms with van der Waals surface area (Å²) in [5.74, 6) is 1.15. The average Bonchev–Trinajstić information content (AvgIpc) is 2.13. The van der Waals surface area contributed by atoms with E-state index in [1.165, 1.54) is 0 Å². The van der Waals surface area contributed by atoms with Crippen molar-refractivity contribution in [3.8, 4) is 0 Å². The van der Waals surface area contributed by atoms with E-state index in [0.717, 1.165) is 6.54 Å². The van der Waals surface area contributed by atoms with Crippen LogP contribution in [0.15, 0.2) is 0 Å². The van der Waals surface area contributed by atoms with E-state index < -0.39 is 9.84 Å². The van der Waals surface area contributed by atoms with Crippen LogP contribution < -0.4 is 5.32 Å². The molecule has 0 aromatic rings. The molecule has 1 N–H and O–H groups in total. The molecule has 0 saturated carbocycles. The van der Waals surface area contributed by atoms with Gasteiger partial charge in [0.25, 0.3) is 0 Å². The van der Waals surface area contributed by atoms with Crippen LogP contribution in [0.1, 0.15) is 20.8 Å². The number of rotatable bonds is 4. The second kappa shape index (κ2) is 5.47. The largest absolute Gasteiger partial charge is 0.318 e. The lowest BCUT2D eigenvalue weighted by atomic mass is 10.0. The molecule has 1 fully saturated rings. The van der Waals surface area contributed by atoms with Gasteiger partial charge in [-0.05, 0) is 19.9 Å². The van der Waals surface area contributed by atoms with E-state index in [4.69, 9.17) is 0 Å². The highest BCUT2D eigenvalue weighted by Crippen LogP contribution is 2.19. The lowest BCUT2D eigenvalue weighted by Crippen LogP contribution is -2.55. The van der Waals surface area contributed by atoms with E-state index in [1.54, 1.807) is 0 Å². The van der Waals surface area contributed by atoms with Crippen molar-refractivity contribution < 1.29 is 8.42 Å². The van der Waals surface area contributed by atoms with Crippen LogP contribution >= 0.6 is 0 Å². The predicted molar refractivity (Wildman–Crippen MR) is 67.4 cm³/mol. The van der Waals surface area contributed by atoms with Gasteiger partial charge in [-0.2, -0.15) is 0 Å². The van der Waals surface area contributed by atoms with Crippen molar-refractivity contribution in [2.24, 2.45) is 5.92 Å². The molecule has 1 aliphatic heterocycles. The number of nitrogens with one attached hydrogen (secondary N) is 1. The van der Waals surface area contributed by atoms with Crippen molar-refractivity contribution in [2.75, 3.05) is 31.6 Å². The first-order valence-electron chi connectivity index (χ1n) is 5.98. The van der Waals surface area contributed by atoms with E-state index in [1.807, 2.05) is 14.0 Å². The zero-order valence-corrected chi connectivity index (χ0v) is 11.5. The van der Waals surface area contributed by atoms with Gasteiger partial charge in [-0.15, -0.1) is 0 Å². The third kappa shape index (κ3) is 3.43. The van der Waals surface area contributed by atoms with Crippen molar-refractivity contribution in [1.82, 2.24) is 10.2 Å². The molecule has 0 aliphatic carbocycles. The summed E-state index contributed by atoms with van der Waals surface area (Å²) in [4.78, 5) is 2.34. The van der Waals surface area contributed by atoms with Crippen LogP contribution in [0.5, 0.6) is 0 Å². The van der Waals surface area contributed by atoms with Crippen LogP contribution in [0.25, 0.3) is 0 Å². The number of sulfone groups is 1. The molecule has 0 spiro atoms. The van der Waals surface area contributed by atoms with Crippen LogP contribution in [-0.2, 0) is 9.84 Å². The normalized spacial score (nSPS) is 28.2. The number of hydrogen-bond acceptors (Lipinski definition) is 4. The van der Waals surface area contributed by atoms with E-state index >= 15 is 0 Å². The molecule has 96 valence electrons. The fourth-order valence-electron chi connectivity index (χ4n) is 2.45. The van der Waals surface area contributed by atoms with E-state index in [2.05, 4.69) is 24.1 Å². The van der Waals surface area contributed by atoms with Gasteiger partial charge in [0.1, 0.15) is 0 Å². The third-order valence-electron chi connectivity index (χ3n) is 3.33. The van der Waals surface area contributed by atoms with Crippen molar-refractivity contribution in [3.05, 3.63) is 0 Å². The Balaban J connectivity index is 2.72. The maximum Gasteiger partial charge on any atom is 0.153 e. The SMILES string of the molecule is CNCC(C(C)C)N1CCS(=O)(=O)CC1C. The smallest absolute Gasteiger partial charge is 0.153 e. The van der Waals surface area contributed by atoms with Crippen molar-refractivity contribution in [2.45, 2.75) is 32.9 Å². The Morgan fingerprint density at radius 3 is 2.50 bits per heavy atom. The van der Waals surface area contributed by atoms with Gasteiger partial charge in [0.05, 0.1) is 11.5 Å². The minimum absolute atomic E-state index is 0.138. The first-order valence-corrected chi connectivity index (χ1v) is 7.80. The van der Waals surface area contributed by atoms with Gasteiger partial charge >= 0.3 is 0 Å². The minimum atomic E-state index is -2.80. The van der Waals surface area contributed by atoms with Gasteiger partial charge in [0.2, 0.25) is 0 Å². The molecule has 5 heteroatoms. The van der Waals surface area contributed by atoms with E-state index in [9.17, 15) is 8.42 Å². The van der Waals surface area contributed by atoms with Crippen molar-refractivity contribution in [1.29, 1.82) is 0 Å². The lowest BCUT2D eigenvalue weighted by Gasteiger charge is -2.41. The molecule has 0 bridgehead atoms. The highest BCUT2D eigenvalue weighted by molar-refractivity contribution is 7.91. The second-order valence-corrected chi connectivity index (χ2v) is 7.30. The summed E-state index contributed by atoms with van der Waals surface area (Å²) < 4.78 is 23.0. The molecule has 1 aliphatic rings. The van der Waals surface area contributed by atoms with Crippen LogP contribution in [0.3, 0.4) is 0 Å². The monoisotopic (exact) mass is 248 g/mol. The standard InChI is InChI=1S/C11H24N2O2S/c1-9(2)11(7-12-4)13-5-6-16(14,15)8-10(13)3/h9-12H,5-8H2,1-4H3. The zero-order chi connectivity index (χ0) is 12.3. The Morgan fingerprint density at radius 1 is 1.44 bits per heavy atom. The van der Waals surface area contributed by atoms with Crippen LogP contribution in [0.2, 0.25) is 0 Å². The van der Waals surface area contributed by atoms with Crippen LogP contribution in [-0.4, -0.2) is 57.0 Å². The molecule has 1 rings (SSSR count). The van der Waals surface area contributed by atoms with Crippen molar-refractivity contribution in [3.63, 3.8) is 0 Å². The molecule has 0 aromatic carbocycles. The van der Waals surface area contributed by atoms with Gasteiger partial charge in [0.15, 0.2) is 9.84 Å². The number of likely N-dealkylation sites (N-methyl/N-ethyl adjacent to an activating group) is 1. The van der Waals surface area contributed by atoms with E-state index in [0.29, 0.717) is 30.0 Å². The van der Waals surface area contributed by atoms with E-state index in [-0.39, 0.29) is 6.04 Å². The molecule has 16 heavy (non-hydrogen) atoms. The van der Waals surface area contributed by atoms with Gasteiger partial charge < -0.3 is 5.32 Å². The van der Waals surface area contributed by atoms with Crippen LogP contribution in [0, 0.1) is 5.92 Å². The summed E-state index contributed by atoms with van der Waals surface area (Å²) in [6.07, 6.45) is 0.